The second kappa shape index (κ2) is 8.39. The number of aliphatic carboxylic acids is 1. The van der Waals surface area contributed by atoms with Gasteiger partial charge in [0.25, 0.3) is 0 Å². The number of benzene rings is 1. The summed E-state index contributed by atoms with van der Waals surface area (Å²) in [6, 6.07) is 7.99. The Kier molecular flexibility index (Phi) is 5.88. The SMILES string of the molecule is CS(=O)(=O)c1ccccc1S(=O)(=O)N1CCCC(n2c(=O)n(CC(=O)O)c3cccnc32)C1. The third kappa shape index (κ3) is 4.18. The summed E-state index contributed by atoms with van der Waals surface area (Å²) in [7, 11) is -7.97. The minimum Gasteiger partial charge on any atom is -0.480 e. The van der Waals surface area contributed by atoms with Crippen molar-refractivity contribution >= 4 is 37.0 Å². The van der Waals surface area contributed by atoms with Gasteiger partial charge < -0.3 is 5.11 Å². The van der Waals surface area contributed by atoms with Gasteiger partial charge in [-0.3, -0.25) is 13.9 Å². The van der Waals surface area contributed by atoms with Crippen LogP contribution in [-0.4, -0.2) is 65.7 Å². The average molecular weight is 495 g/mol. The van der Waals surface area contributed by atoms with E-state index in [9.17, 15) is 31.5 Å². The summed E-state index contributed by atoms with van der Waals surface area (Å²) in [4.78, 5) is 28.0. The van der Waals surface area contributed by atoms with Gasteiger partial charge in [0.2, 0.25) is 10.0 Å². The lowest BCUT2D eigenvalue weighted by molar-refractivity contribution is -0.137. The number of sulfonamides is 1. The second-order valence-corrected chi connectivity index (χ2v) is 11.7. The zero-order chi connectivity index (χ0) is 24.0. The number of pyridine rings is 1. The van der Waals surface area contributed by atoms with Crippen molar-refractivity contribution in [2.24, 2.45) is 0 Å². The highest BCUT2D eigenvalue weighted by Crippen LogP contribution is 2.30. The molecule has 1 fully saturated rings. The number of nitrogens with zero attached hydrogens (tertiary/aromatic N) is 4. The van der Waals surface area contributed by atoms with E-state index in [2.05, 4.69) is 4.98 Å². The smallest absolute Gasteiger partial charge is 0.331 e. The van der Waals surface area contributed by atoms with E-state index in [1.807, 2.05) is 0 Å². The summed E-state index contributed by atoms with van der Waals surface area (Å²) in [5.74, 6) is -1.19. The molecule has 1 saturated heterocycles. The number of carbonyl (C=O) groups is 1. The van der Waals surface area contributed by atoms with Crippen molar-refractivity contribution in [3.8, 4) is 0 Å². The molecule has 0 saturated carbocycles. The molecule has 1 unspecified atom stereocenters. The van der Waals surface area contributed by atoms with Crippen LogP contribution in [0.3, 0.4) is 0 Å². The predicted molar refractivity (Wildman–Crippen MR) is 118 cm³/mol. The highest BCUT2D eigenvalue weighted by atomic mass is 32.2. The van der Waals surface area contributed by atoms with Crippen LogP contribution in [0.25, 0.3) is 11.2 Å². The summed E-state index contributed by atoms with van der Waals surface area (Å²) >= 11 is 0. The van der Waals surface area contributed by atoms with Crippen molar-refractivity contribution in [2.45, 2.75) is 35.2 Å². The largest absolute Gasteiger partial charge is 0.480 e. The van der Waals surface area contributed by atoms with E-state index in [1.165, 1.54) is 39.3 Å². The first kappa shape index (κ1) is 23.1. The number of fused-ring (bicyclic) bond motifs is 1. The van der Waals surface area contributed by atoms with E-state index >= 15 is 0 Å². The number of aromatic nitrogens is 3. The molecule has 0 spiro atoms. The Morgan fingerprint density at radius 3 is 2.48 bits per heavy atom. The van der Waals surface area contributed by atoms with Crippen molar-refractivity contribution < 1.29 is 26.7 Å². The quantitative estimate of drug-likeness (QED) is 0.527. The van der Waals surface area contributed by atoms with Gasteiger partial charge in [-0.25, -0.2) is 26.6 Å². The Hall–Kier alpha value is -3.03. The summed E-state index contributed by atoms with van der Waals surface area (Å²) < 4.78 is 54.7. The van der Waals surface area contributed by atoms with Crippen LogP contribution in [0.1, 0.15) is 18.9 Å². The molecule has 0 bridgehead atoms. The van der Waals surface area contributed by atoms with Gasteiger partial charge in [-0.1, -0.05) is 12.1 Å². The number of hydrogen-bond acceptors (Lipinski definition) is 7. The Morgan fingerprint density at radius 2 is 1.82 bits per heavy atom. The minimum atomic E-state index is -4.18. The first-order chi connectivity index (χ1) is 15.5. The van der Waals surface area contributed by atoms with Gasteiger partial charge in [0.05, 0.1) is 16.5 Å². The molecule has 1 aliphatic heterocycles. The first-order valence-corrected chi connectivity index (χ1v) is 13.4. The van der Waals surface area contributed by atoms with E-state index in [0.717, 1.165) is 10.8 Å². The van der Waals surface area contributed by atoms with E-state index in [-0.39, 0.29) is 28.5 Å². The van der Waals surface area contributed by atoms with E-state index < -0.39 is 44.1 Å². The number of rotatable bonds is 6. The number of imidazole rings is 1. The normalized spacial score (nSPS) is 17.9. The molecule has 33 heavy (non-hydrogen) atoms. The van der Waals surface area contributed by atoms with Crippen molar-refractivity contribution in [1.82, 2.24) is 18.4 Å². The molecule has 3 aromatic rings. The van der Waals surface area contributed by atoms with Gasteiger partial charge in [0.1, 0.15) is 11.4 Å². The van der Waals surface area contributed by atoms with Gasteiger partial charge >= 0.3 is 11.7 Å². The topological polar surface area (TPSA) is 149 Å². The van der Waals surface area contributed by atoms with Gasteiger partial charge in [-0.05, 0) is 37.1 Å². The number of hydrogen-bond donors (Lipinski definition) is 1. The summed E-state index contributed by atoms with van der Waals surface area (Å²) in [6.07, 6.45) is 3.32. The van der Waals surface area contributed by atoms with Gasteiger partial charge in [0, 0.05) is 25.5 Å². The molecule has 1 atom stereocenters. The molecule has 4 rings (SSSR count). The van der Waals surface area contributed by atoms with E-state index in [1.54, 1.807) is 12.1 Å². The van der Waals surface area contributed by atoms with Crippen molar-refractivity contribution in [2.75, 3.05) is 19.3 Å². The Labute approximate surface area is 189 Å². The summed E-state index contributed by atoms with van der Waals surface area (Å²) in [5.41, 5.74) is 0.0173. The van der Waals surface area contributed by atoms with Crippen molar-refractivity contribution in [3.63, 3.8) is 0 Å². The Bertz CT molecular complexity index is 1510. The average Bonchev–Trinajstić information content (AvgIpc) is 3.04. The molecule has 2 aromatic heterocycles. The first-order valence-electron chi connectivity index (χ1n) is 10.1. The molecule has 0 radical (unpaired) electrons. The van der Waals surface area contributed by atoms with E-state index in [4.69, 9.17) is 0 Å². The van der Waals surface area contributed by atoms with Gasteiger partial charge in [0.15, 0.2) is 15.5 Å². The zero-order valence-electron chi connectivity index (χ0n) is 17.7. The number of sulfone groups is 1. The lowest BCUT2D eigenvalue weighted by Gasteiger charge is -2.32. The standard InChI is InChI=1S/C20H22N4O7S2/c1-32(28,29)16-8-2-3-9-17(16)33(30,31)22-11-5-6-14(12-22)24-19-15(7-4-10-21-19)23(20(24)27)13-18(25)26/h2-4,7-10,14H,5-6,11-13H2,1H3,(H,25,26). The second-order valence-electron chi connectivity index (χ2n) is 7.86. The van der Waals surface area contributed by atoms with Gasteiger partial charge in [-0.15, -0.1) is 0 Å². The molecule has 1 aromatic carbocycles. The van der Waals surface area contributed by atoms with Crippen molar-refractivity contribution in [1.29, 1.82) is 0 Å². The molecule has 11 nitrogen and oxygen atoms in total. The predicted octanol–water partition coefficient (Wildman–Crippen LogP) is 0.712. The number of piperidine rings is 1. The lowest BCUT2D eigenvalue weighted by atomic mass is 10.1. The van der Waals surface area contributed by atoms with Crippen LogP contribution in [0.5, 0.6) is 0 Å². The third-order valence-electron chi connectivity index (χ3n) is 5.61. The maximum absolute atomic E-state index is 13.4. The summed E-state index contributed by atoms with van der Waals surface area (Å²) in [6.45, 7) is -0.472. The lowest BCUT2D eigenvalue weighted by Crippen LogP contribution is -2.43. The maximum Gasteiger partial charge on any atom is 0.331 e. The highest BCUT2D eigenvalue weighted by molar-refractivity contribution is 7.93. The van der Waals surface area contributed by atoms with Crippen molar-refractivity contribution in [3.05, 3.63) is 53.1 Å². The summed E-state index contributed by atoms with van der Waals surface area (Å²) in [5, 5.41) is 9.21. The molecule has 3 heterocycles. The molecule has 176 valence electrons. The third-order valence-corrected chi connectivity index (χ3v) is 8.81. The fourth-order valence-corrected chi connectivity index (χ4v) is 7.30. The number of carboxylic acid groups (broad SMARTS) is 1. The van der Waals surface area contributed by atoms with Crippen LogP contribution in [0.4, 0.5) is 0 Å². The van der Waals surface area contributed by atoms with E-state index in [0.29, 0.717) is 18.4 Å². The molecule has 13 heteroatoms. The Balaban J connectivity index is 1.77. The van der Waals surface area contributed by atoms with Crippen LogP contribution >= 0.6 is 0 Å². The zero-order valence-corrected chi connectivity index (χ0v) is 19.3. The molecular formula is C20H22N4O7S2. The molecular weight excluding hydrogens is 472 g/mol. The molecule has 1 N–H and O–H groups in total. The van der Waals surface area contributed by atoms with Crippen LogP contribution in [-0.2, 0) is 31.2 Å². The van der Waals surface area contributed by atoms with Crippen LogP contribution in [0.2, 0.25) is 0 Å². The monoisotopic (exact) mass is 494 g/mol. The molecule has 0 amide bonds. The van der Waals surface area contributed by atoms with Crippen LogP contribution in [0, 0.1) is 0 Å². The van der Waals surface area contributed by atoms with Crippen LogP contribution < -0.4 is 5.69 Å². The van der Waals surface area contributed by atoms with Gasteiger partial charge in [-0.2, -0.15) is 4.31 Å². The number of carboxylic acids is 1. The maximum atomic E-state index is 13.4. The fraction of sp³-hybridized carbons (Fsp3) is 0.350. The molecule has 0 aliphatic carbocycles. The molecule has 1 aliphatic rings. The van der Waals surface area contributed by atoms with Crippen LogP contribution in [0.15, 0.2) is 57.2 Å². The highest BCUT2D eigenvalue weighted by Gasteiger charge is 2.35. The fourth-order valence-electron chi connectivity index (χ4n) is 4.18. The minimum absolute atomic E-state index is 0.0803. The Morgan fingerprint density at radius 1 is 1.12 bits per heavy atom.